The van der Waals surface area contributed by atoms with E-state index < -0.39 is 29.5 Å². The molecular weight excluding hydrogens is 418 g/mol. The average molecular weight is 438 g/mol. The van der Waals surface area contributed by atoms with Crippen LogP contribution in [0.15, 0.2) is 66.7 Å². The van der Waals surface area contributed by atoms with Crippen molar-refractivity contribution in [2.75, 3.05) is 11.9 Å². The first-order valence-electron chi connectivity index (χ1n) is 9.70. The second kappa shape index (κ2) is 10.3. The van der Waals surface area contributed by atoms with Crippen molar-refractivity contribution in [1.82, 2.24) is 5.32 Å². The largest absolute Gasteiger partial charge is 0.484 e. The van der Waals surface area contributed by atoms with E-state index in [1.165, 1.54) is 43.3 Å². The van der Waals surface area contributed by atoms with E-state index in [0.717, 1.165) is 6.07 Å². The van der Waals surface area contributed by atoms with Crippen LogP contribution in [0, 0.1) is 11.6 Å². The van der Waals surface area contributed by atoms with Gasteiger partial charge in [-0.15, -0.1) is 0 Å². The number of carbonyl (C=O) groups is 3. The first kappa shape index (κ1) is 22.6. The lowest BCUT2D eigenvalue weighted by molar-refractivity contribution is -0.125. The summed E-state index contributed by atoms with van der Waals surface area (Å²) in [5.74, 6) is -2.05. The minimum atomic E-state index is -0.726. The van der Waals surface area contributed by atoms with E-state index in [1.54, 1.807) is 24.3 Å². The molecule has 164 valence electrons. The Hall–Kier alpha value is -4.07. The number of hydrogen-bond acceptors (Lipinski definition) is 4. The summed E-state index contributed by atoms with van der Waals surface area (Å²) in [6.45, 7) is 1.21. The summed E-state index contributed by atoms with van der Waals surface area (Å²) in [5, 5.41) is 5.01. The van der Waals surface area contributed by atoms with Crippen molar-refractivity contribution >= 4 is 23.8 Å². The standard InChI is InChI=1S/C24H20F2N2O4/c1-15(13-29)27-23(30)14-32-20-7-3-6-19(12-20)28-24(31)21-11-17(8-9-22(21)26)16-4-2-5-18(25)10-16/h2-13,15H,14H2,1H3,(H,27,30)(H,28,31). The fourth-order valence-electron chi connectivity index (χ4n) is 2.89. The van der Waals surface area contributed by atoms with Gasteiger partial charge in [-0.25, -0.2) is 8.78 Å². The molecule has 0 radical (unpaired) electrons. The quantitative estimate of drug-likeness (QED) is 0.522. The molecule has 0 saturated heterocycles. The van der Waals surface area contributed by atoms with Crippen LogP contribution in [0.1, 0.15) is 17.3 Å². The Kier molecular flexibility index (Phi) is 7.28. The molecule has 8 heteroatoms. The van der Waals surface area contributed by atoms with E-state index in [-0.39, 0.29) is 12.2 Å². The van der Waals surface area contributed by atoms with E-state index >= 15 is 0 Å². The lowest BCUT2D eigenvalue weighted by atomic mass is 10.0. The molecule has 1 atom stereocenters. The molecule has 0 fully saturated rings. The highest BCUT2D eigenvalue weighted by Crippen LogP contribution is 2.24. The van der Waals surface area contributed by atoms with Gasteiger partial charge in [-0.2, -0.15) is 0 Å². The molecular formula is C24H20F2N2O4. The van der Waals surface area contributed by atoms with Gasteiger partial charge in [0.1, 0.15) is 23.7 Å². The van der Waals surface area contributed by atoms with Gasteiger partial charge in [-0.1, -0.05) is 24.3 Å². The Bertz CT molecular complexity index is 1150. The lowest BCUT2D eigenvalue weighted by Crippen LogP contribution is -2.36. The first-order chi connectivity index (χ1) is 15.4. The second-order valence-electron chi connectivity index (χ2n) is 6.97. The minimum Gasteiger partial charge on any atom is -0.484 e. The molecule has 0 aromatic heterocycles. The highest BCUT2D eigenvalue weighted by Gasteiger charge is 2.14. The smallest absolute Gasteiger partial charge is 0.258 e. The number of benzene rings is 3. The predicted molar refractivity (Wildman–Crippen MR) is 115 cm³/mol. The Labute approximate surface area is 183 Å². The van der Waals surface area contributed by atoms with Crippen LogP contribution in [-0.2, 0) is 9.59 Å². The SMILES string of the molecule is CC(C=O)NC(=O)COc1cccc(NC(=O)c2cc(-c3cccc(F)c3)ccc2F)c1. The number of halogens is 2. The third-order valence-electron chi connectivity index (χ3n) is 4.42. The third-order valence-corrected chi connectivity index (χ3v) is 4.42. The van der Waals surface area contributed by atoms with Crippen molar-refractivity contribution in [2.24, 2.45) is 0 Å². The number of anilines is 1. The Balaban J connectivity index is 1.71. The van der Waals surface area contributed by atoms with E-state index in [2.05, 4.69) is 10.6 Å². The number of nitrogens with one attached hydrogen (secondary N) is 2. The number of hydrogen-bond donors (Lipinski definition) is 2. The minimum absolute atomic E-state index is 0.208. The summed E-state index contributed by atoms with van der Waals surface area (Å²) in [7, 11) is 0. The van der Waals surface area contributed by atoms with Gasteiger partial charge in [0, 0.05) is 11.8 Å². The Morgan fingerprint density at radius 2 is 1.75 bits per heavy atom. The third kappa shape index (κ3) is 5.98. The molecule has 2 N–H and O–H groups in total. The number of carbonyl (C=O) groups excluding carboxylic acids is 3. The van der Waals surface area contributed by atoms with Crippen molar-refractivity contribution in [1.29, 1.82) is 0 Å². The van der Waals surface area contributed by atoms with Gasteiger partial charge in [0.15, 0.2) is 6.61 Å². The highest BCUT2D eigenvalue weighted by molar-refractivity contribution is 6.05. The van der Waals surface area contributed by atoms with Crippen molar-refractivity contribution in [3.63, 3.8) is 0 Å². The molecule has 0 bridgehead atoms. The van der Waals surface area contributed by atoms with Crippen molar-refractivity contribution < 1.29 is 27.9 Å². The van der Waals surface area contributed by atoms with Gasteiger partial charge in [0.05, 0.1) is 11.6 Å². The number of ether oxygens (including phenoxy) is 1. The maximum atomic E-state index is 14.3. The number of aldehydes is 1. The summed E-state index contributed by atoms with van der Waals surface area (Å²) < 4.78 is 33.2. The molecule has 32 heavy (non-hydrogen) atoms. The first-order valence-corrected chi connectivity index (χ1v) is 9.70. The van der Waals surface area contributed by atoms with Crippen molar-refractivity contribution in [2.45, 2.75) is 13.0 Å². The van der Waals surface area contributed by atoms with Crippen LogP contribution < -0.4 is 15.4 Å². The van der Waals surface area contributed by atoms with E-state index in [1.807, 2.05) is 0 Å². The maximum Gasteiger partial charge on any atom is 0.258 e. The summed E-state index contributed by atoms with van der Waals surface area (Å²) in [6.07, 6.45) is 0.594. The molecule has 0 heterocycles. The van der Waals surface area contributed by atoms with Crippen molar-refractivity contribution in [3.05, 3.63) is 83.9 Å². The average Bonchev–Trinajstić information content (AvgIpc) is 2.78. The maximum absolute atomic E-state index is 14.3. The van der Waals surface area contributed by atoms with E-state index in [0.29, 0.717) is 28.8 Å². The molecule has 6 nitrogen and oxygen atoms in total. The zero-order valence-electron chi connectivity index (χ0n) is 17.1. The molecule has 1 unspecified atom stereocenters. The number of amides is 2. The van der Waals surface area contributed by atoms with Crippen LogP contribution in [0.5, 0.6) is 5.75 Å². The topological polar surface area (TPSA) is 84.5 Å². The van der Waals surface area contributed by atoms with Crippen LogP contribution in [0.3, 0.4) is 0 Å². The van der Waals surface area contributed by atoms with Gasteiger partial charge < -0.3 is 20.2 Å². The van der Waals surface area contributed by atoms with E-state index in [4.69, 9.17) is 4.74 Å². The van der Waals surface area contributed by atoms with Crippen LogP contribution >= 0.6 is 0 Å². The van der Waals surface area contributed by atoms with Gasteiger partial charge in [-0.05, 0) is 54.4 Å². The zero-order valence-corrected chi connectivity index (χ0v) is 17.1. The summed E-state index contributed by atoms with van der Waals surface area (Å²) in [4.78, 5) is 34.9. The van der Waals surface area contributed by atoms with Crippen LogP contribution in [0.4, 0.5) is 14.5 Å². The van der Waals surface area contributed by atoms with Gasteiger partial charge in [0.2, 0.25) is 0 Å². The molecule has 2 amide bonds. The summed E-state index contributed by atoms with van der Waals surface area (Å²) >= 11 is 0. The Morgan fingerprint density at radius 3 is 2.50 bits per heavy atom. The van der Waals surface area contributed by atoms with Gasteiger partial charge >= 0.3 is 0 Å². The molecule has 0 saturated carbocycles. The summed E-state index contributed by atoms with van der Waals surface area (Å²) in [6, 6.07) is 15.3. The highest BCUT2D eigenvalue weighted by atomic mass is 19.1. The molecule has 3 aromatic rings. The lowest BCUT2D eigenvalue weighted by Gasteiger charge is -2.11. The normalized spacial score (nSPS) is 11.3. The zero-order chi connectivity index (χ0) is 23.1. The molecule has 3 aromatic carbocycles. The Morgan fingerprint density at radius 1 is 1.00 bits per heavy atom. The molecule has 0 aliphatic rings. The van der Waals surface area contributed by atoms with Crippen LogP contribution in [-0.4, -0.2) is 30.7 Å². The molecule has 0 spiro atoms. The predicted octanol–water partition coefficient (Wildman–Crippen LogP) is 3.97. The molecule has 0 aliphatic heterocycles. The van der Waals surface area contributed by atoms with Crippen LogP contribution in [0.25, 0.3) is 11.1 Å². The monoisotopic (exact) mass is 438 g/mol. The van der Waals surface area contributed by atoms with Crippen molar-refractivity contribution in [3.8, 4) is 16.9 Å². The van der Waals surface area contributed by atoms with Gasteiger partial charge in [0.25, 0.3) is 11.8 Å². The molecule has 0 aliphatic carbocycles. The summed E-state index contributed by atoms with van der Waals surface area (Å²) in [5.41, 5.74) is 1.12. The van der Waals surface area contributed by atoms with E-state index in [9.17, 15) is 23.2 Å². The second-order valence-corrected chi connectivity index (χ2v) is 6.97. The molecule has 3 rings (SSSR count). The van der Waals surface area contributed by atoms with Gasteiger partial charge in [-0.3, -0.25) is 9.59 Å². The van der Waals surface area contributed by atoms with Crippen LogP contribution in [0.2, 0.25) is 0 Å². The fraction of sp³-hybridized carbons (Fsp3) is 0.125. The number of rotatable bonds is 8. The fourth-order valence-corrected chi connectivity index (χ4v) is 2.89.